The Hall–Kier alpha value is -1.36. The molecule has 2 heterocycles. The second kappa shape index (κ2) is 6.54. The highest BCUT2D eigenvalue weighted by Gasteiger charge is 2.21. The van der Waals surface area contributed by atoms with Crippen LogP contribution in [0.4, 0.5) is 5.95 Å². The van der Waals surface area contributed by atoms with E-state index in [1.165, 1.54) is 6.42 Å². The Labute approximate surface area is 108 Å². The van der Waals surface area contributed by atoms with Crippen LogP contribution in [0.25, 0.3) is 0 Å². The maximum Gasteiger partial charge on any atom is 0.226 e. The molecule has 18 heavy (non-hydrogen) atoms. The standard InChI is InChI=1S/C13H22N4O/c1-3-9-18-12-6-8-15-13(17-12)16-11-5-4-7-14-10(11)2/h6,8,10-11,14H,3-5,7,9H2,1-2H3,(H,15,16,17). The van der Waals surface area contributed by atoms with E-state index in [2.05, 4.69) is 34.4 Å². The van der Waals surface area contributed by atoms with Crippen LogP contribution < -0.4 is 15.4 Å². The van der Waals surface area contributed by atoms with Crippen LogP contribution in [-0.4, -0.2) is 35.2 Å². The summed E-state index contributed by atoms with van der Waals surface area (Å²) < 4.78 is 5.51. The molecule has 2 atom stereocenters. The molecule has 0 spiro atoms. The fourth-order valence-corrected chi connectivity index (χ4v) is 2.11. The number of hydrogen-bond acceptors (Lipinski definition) is 5. The van der Waals surface area contributed by atoms with E-state index >= 15 is 0 Å². The number of nitrogens with zero attached hydrogens (tertiary/aromatic N) is 2. The summed E-state index contributed by atoms with van der Waals surface area (Å²) in [7, 11) is 0. The average Bonchev–Trinajstić information content (AvgIpc) is 2.40. The Morgan fingerprint density at radius 1 is 1.56 bits per heavy atom. The maximum absolute atomic E-state index is 5.51. The summed E-state index contributed by atoms with van der Waals surface area (Å²) in [6.45, 7) is 6.06. The van der Waals surface area contributed by atoms with Crippen LogP contribution >= 0.6 is 0 Å². The van der Waals surface area contributed by atoms with Gasteiger partial charge < -0.3 is 15.4 Å². The molecule has 1 saturated heterocycles. The molecule has 2 N–H and O–H groups in total. The third kappa shape index (κ3) is 3.57. The van der Waals surface area contributed by atoms with Crippen LogP contribution in [0.3, 0.4) is 0 Å². The highest BCUT2D eigenvalue weighted by Crippen LogP contribution is 2.15. The minimum atomic E-state index is 0.389. The van der Waals surface area contributed by atoms with Crippen LogP contribution in [0.15, 0.2) is 12.3 Å². The van der Waals surface area contributed by atoms with Crippen LogP contribution in [0.2, 0.25) is 0 Å². The topological polar surface area (TPSA) is 59.1 Å². The molecular formula is C13H22N4O. The Kier molecular flexibility index (Phi) is 4.75. The van der Waals surface area contributed by atoms with E-state index in [4.69, 9.17) is 4.74 Å². The average molecular weight is 250 g/mol. The van der Waals surface area contributed by atoms with Crippen molar-refractivity contribution in [3.8, 4) is 5.88 Å². The predicted octanol–water partition coefficient (Wildman–Crippen LogP) is 1.82. The van der Waals surface area contributed by atoms with E-state index in [-0.39, 0.29) is 0 Å². The zero-order valence-corrected chi connectivity index (χ0v) is 11.1. The van der Waals surface area contributed by atoms with Gasteiger partial charge in [0.05, 0.1) is 6.61 Å². The predicted molar refractivity (Wildman–Crippen MR) is 71.9 cm³/mol. The fourth-order valence-electron chi connectivity index (χ4n) is 2.11. The van der Waals surface area contributed by atoms with E-state index in [0.717, 1.165) is 19.4 Å². The van der Waals surface area contributed by atoms with E-state index in [9.17, 15) is 0 Å². The van der Waals surface area contributed by atoms with Crippen molar-refractivity contribution in [2.45, 2.75) is 45.2 Å². The number of rotatable bonds is 5. The summed E-state index contributed by atoms with van der Waals surface area (Å²) in [6.07, 6.45) is 5.06. The highest BCUT2D eigenvalue weighted by molar-refractivity contribution is 5.29. The zero-order valence-electron chi connectivity index (χ0n) is 11.1. The summed E-state index contributed by atoms with van der Waals surface area (Å²) in [6, 6.07) is 2.63. The fraction of sp³-hybridized carbons (Fsp3) is 0.692. The lowest BCUT2D eigenvalue weighted by atomic mass is 10.0. The van der Waals surface area contributed by atoms with Gasteiger partial charge in [-0.05, 0) is 32.7 Å². The van der Waals surface area contributed by atoms with Gasteiger partial charge in [-0.3, -0.25) is 0 Å². The third-order valence-corrected chi connectivity index (χ3v) is 3.16. The number of piperidine rings is 1. The second-order valence-electron chi connectivity index (χ2n) is 4.70. The monoisotopic (exact) mass is 250 g/mol. The Balaban J connectivity index is 1.95. The van der Waals surface area contributed by atoms with Crippen molar-refractivity contribution < 1.29 is 4.74 Å². The molecule has 0 aliphatic carbocycles. The molecule has 5 nitrogen and oxygen atoms in total. The van der Waals surface area contributed by atoms with Gasteiger partial charge in [-0.1, -0.05) is 6.92 Å². The molecule has 2 unspecified atom stereocenters. The van der Waals surface area contributed by atoms with Gasteiger partial charge in [-0.2, -0.15) is 4.98 Å². The van der Waals surface area contributed by atoms with Gasteiger partial charge in [0.2, 0.25) is 11.8 Å². The Morgan fingerprint density at radius 3 is 3.22 bits per heavy atom. The summed E-state index contributed by atoms with van der Waals surface area (Å²) in [4.78, 5) is 8.61. The van der Waals surface area contributed by atoms with E-state index in [1.807, 2.05) is 0 Å². The molecule has 5 heteroatoms. The van der Waals surface area contributed by atoms with Crippen molar-refractivity contribution in [3.63, 3.8) is 0 Å². The second-order valence-corrected chi connectivity index (χ2v) is 4.70. The number of aromatic nitrogens is 2. The molecule has 0 bridgehead atoms. The smallest absolute Gasteiger partial charge is 0.226 e. The first kappa shape index (κ1) is 13.1. The van der Waals surface area contributed by atoms with Crippen molar-refractivity contribution in [2.75, 3.05) is 18.5 Å². The SMILES string of the molecule is CCCOc1ccnc(NC2CCCNC2C)n1. The van der Waals surface area contributed by atoms with E-state index < -0.39 is 0 Å². The van der Waals surface area contributed by atoms with Gasteiger partial charge in [0.25, 0.3) is 0 Å². The van der Waals surface area contributed by atoms with Crippen molar-refractivity contribution in [1.82, 2.24) is 15.3 Å². The number of hydrogen-bond donors (Lipinski definition) is 2. The van der Waals surface area contributed by atoms with E-state index in [0.29, 0.717) is 30.5 Å². The first-order chi connectivity index (χ1) is 8.79. The third-order valence-electron chi connectivity index (χ3n) is 3.16. The number of anilines is 1. The van der Waals surface area contributed by atoms with Crippen molar-refractivity contribution in [3.05, 3.63) is 12.3 Å². The minimum Gasteiger partial charge on any atom is -0.478 e. The molecule has 2 rings (SSSR count). The molecule has 0 amide bonds. The Bertz CT molecular complexity index is 372. The van der Waals surface area contributed by atoms with Gasteiger partial charge in [-0.25, -0.2) is 4.98 Å². The molecule has 1 aromatic heterocycles. The molecule has 1 aliphatic rings. The molecular weight excluding hydrogens is 228 g/mol. The van der Waals surface area contributed by atoms with Crippen molar-refractivity contribution >= 4 is 5.95 Å². The van der Waals surface area contributed by atoms with Crippen LogP contribution in [-0.2, 0) is 0 Å². The number of ether oxygens (including phenoxy) is 1. The summed E-state index contributed by atoms with van der Waals surface area (Å²) in [5.74, 6) is 1.30. The van der Waals surface area contributed by atoms with Gasteiger partial charge in [0.15, 0.2) is 0 Å². The first-order valence-corrected chi connectivity index (χ1v) is 6.75. The lowest BCUT2D eigenvalue weighted by Gasteiger charge is -2.30. The first-order valence-electron chi connectivity index (χ1n) is 6.75. The van der Waals surface area contributed by atoms with Crippen LogP contribution in [0.1, 0.15) is 33.1 Å². The summed E-state index contributed by atoms with van der Waals surface area (Å²) >= 11 is 0. The molecule has 0 saturated carbocycles. The lowest BCUT2D eigenvalue weighted by molar-refractivity contribution is 0.304. The number of nitrogens with one attached hydrogen (secondary N) is 2. The van der Waals surface area contributed by atoms with Gasteiger partial charge in [0.1, 0.15) is 0 Å². The lowest BCUT2D eigenvalue weighted by Crippen LogP contribution is -2.46. The Morgan fingerprint density at radius 2 is 2.44 bits per heavy atom. The zero-order chi connectivity index (χ0) is 12.8. The maximum atomic E-state index is 5.51. The van der Waals surface area contributed by atoms with Gasteiger partial charge in [0, 0.05) is 24.3 Å². The summed E-state index contributed by atoms with van der Waals surface area (Å²) in [5, 5.41) is 6.83. The largest absolute Gasteiger partial charge is 0.478 e. The highest BCUT2D eigenvalue weighted by atomic mass is 16.5. The molecule has 0 radical (unpaired) electrons. The minimum absolute atomic E-state index is 0.389. The summed E-state index contributed by atoms with van der Waals surface area (Å²) in [5.41, 5.74) is 0. The van der Waals surface area contributed by atoms with Gasteiger partial charge in [-0.15, -0.1) is 0 Å². The normalized spacial score (nSPS) is 23.7. The van der Waals surface area contributed by atoms with Crippen LogP contribution in [0, 0.1) is 0 Å². The van der Waals surface area contributed by atoms with Crippen LogP contribution in [0.5, 0.6) is 5.88 Å². The quantitative estimate of drug-likeness (QED) is 0.834. The molecule has 0 aromatic carbocycles. The molecule has 1 aromatic rings. The molecule has 1 fully saturated rings. The van der Waals surface area contributed by atoms with E-state index in [1.54, 1.807) is 12.3 Å². The van der Waals surface area contributed by atoms with Gasteiger partial charge >= 0.3 is 0 Å². The molecule has 1 aliphatic heterocycles. The van der Waals surface area contributed by atoms with Crippen molar-refractivity contribution in [2.24, 2.45) is 0 Å². The molecule has 100 valence electrons. The van der Waals surface area contributed by atoms with Crippen molar-refractivity contribution in [1.29, 1.82) is 0 Å².